The number of nitrogens with one attached hydrogen (secondary N) is 1. The molecule has 1 aromatic heterocycles. The first kappa shape index (κ1) is 12.3. The van der Waals surface area contributed by atoms with Crippen molar-refractivity contribution >= 4 is 16.7 Å². The average molecular weight is 267 g/mol. The lowest BCUT2D eigenvalue weighted by atomic mass is 10.3. The molecule has 1 N–H and O–H groups in total. The van der Waals surface area contributed by atoms with Crippen LogP contribution in [0.3, 0.4) is 0 Å². The highest BCUT2D eigenvalue weighted by Gasteiger charge is 2.28. The van der Waals surface area contributed by atoms with E-state index in [4.69, 9.17) is 0 Å². The molecule has 3 rings (SSSR count). The van der Waals surface area contributed by atoms with Gasteiger partial charge < -0.3 is 10.2 Å². The average Bonchev–Trinajstić information content (AvgIpc) is 3.15. The van der Waals surface area contributed by atoms with Gasteiger partial charge in [-0.25, -0.2) is 4.98 Å². The summed E-state index contributed by atoms with van der Waals surface area (Å²) in [7, 11) is 2.12. The van der Waals surface area contributed by atoms with Gasteiger partial charge in [0.15, 0.2) is 0 Å². The van der Waals surface area contributed by atoms with E-state index in [0.29, 0.717) is 5.92 Å². The minimum absolute atomic E-state index is 0.663. The number of rotatable bonds is 5. The van der Waals surface area contributed by atoms with Gasteiger partial charge in [-0.1, -0.05) is 0 Å². The summed E-state index contributed by atoms with van der Waals surface area (Å²) in [6.07, 6.45) is 2.56. The highest BCUT2D eigenvalue weighted by molar-refractivity contribution is 7.09. The molecule has 5 nitrogen and oxygen atoms in total. The predicted molar refractivity (Wildman–Crippen MR) is 74.5 cm³/mol. The molecule has 0 atom stereocenters. The number of hydrogen-bond acceptors (Lipinski definition) is 6. The smallest absolute Gasteiger partial charge is 0.204 e. The van der Waals surface area contributed by atoms with Crippen LogP contribution in [0, 0.1) is 0 Å². The first-order valence-corrected chi connectivity index (χ1v) is 7.58. The van der Waals surface area contributed by atoms with Gasteiger partial charge in [0, 0.05) is 63.8 Å². The van der Waals surface area contributed by atoms with Crippen LogP contribution < -0.4 is 10.2 Å². The molecule has 1 saturated heterocycles. The fourth-order valence-electron chi connectivity index (χ4n) is 2.21. The Morgan fingerprint density at radius 3 is 2.89 bits per heavy atom. The fourth-order valence-corrected chi connectivity index (χ4v) is 2.94. The molecule has 0 amide bonds. The summed E-state index contributed by atoms with van der Waals surface area (Å²) in [5.74, 6) is 1.74. The second-order valence-electron chi connectivity index (χ2n) is 5.22. The highest BCUT2D eigenvalue weighted by atomic mass is 32.1. The zero-order valence-electron chi connectivity index (χ0n) is 10.9. The van der Waals surface area contributed by atoms with E-state index >= 15 is 0 Å². The van der Waals surface area contributed by atoms with E-state index in [2.05, 4.69) is 31.5 Å². The molecule has 1 aliphatic heterocycles. The van der Waals surface area contributed by atoms with Crippen molar-refractivity contribution < 1.29 is 0 Å². The van der Waals surface area contributed by atoms with Gasteiger partial charge in [-0.05, 0) is 12.8 Å². The quantitative estimate of drug-likeness (QED) is 0.853. The van der Waals surface area contributed by atoms with Crippen molar-refractivity contribution in [3.63, 3.8) is 0 Å². The first-order valence-electron chi connectivity index (χ1n) is 6.81. The van der Waals surface area contributed by atoms with Gasteiger partial charge in [-0.15, -0.1) is 0 Å². The third-order valence-electron chi connectivity index (χ3n) is 3.66. The Labute approximate surface area is 112 Å². The molecule has 6 heteroatoms. The van der Waals surface area contributed by atoms with E-state index in [-0.39, 0.29) is 0 Å². The first-order chi connectivity index (χ1) is 8.83. The van der Waals surface area contributed by atoms with Crippen molar-refractivity contribution in [2.45, 2.75) is 18.8 Å². The normalized spacial score (nSPS) is 21.2. The lowest BCUT2D eigenvalue weighted by Gasteiger charge is -2.28. The van der Waals surface area contributed by atoms with Crippen molar-refractivity contribution in [3.05, 3.63) is 5.82 Å². The third kappa shape index (κ3) is 2.99. The van der Waals surface area contributed by atoms with Gasteiger partial charge in [0.1, 0.15) is 5.82 Å². The van der Waals surface area contributed by atoms with Crippen LogP contribution in [0.25, 0.3) is 0 Å². The number of piperazine rings is 1. The second kappa shape index (κ2) is 5.50. The molecule has 2 fully saturated rings. The zero-order valence-corrected chi connectivity index (χ0v) is 11.7. The van der Waals surface area contributed by atoms with E-state index in [1.54, 1.807) is 11.5 Å². The van der Waals surface area contributed by atoms with Crippen molar-refractivity contribution in [3.8, 4) is 0 Å². The summed E-state index contributed by atoms with van der Waals surface area (Å²) in [4.78, 5) is 9.39. The number of nitrogens with zero attached hydrogens (tertiary/aromatic N) is 4. The van der Waals surface area contributed by atoms with Gasteiger partial charge in [-0.3, -0.25) is 4.90 Å². The van der Waals surface area contributed by atoms with Gasteiger partial charge in [0.05, 0.1) is 0 Å². The van der Waals surface area contributed by atoms with Gasteiger partial charge in [-0.2, -0.15) is 4.37 Å². The molecule has 2 aliphatic rings. The second-order valence-corrected chi connectivity index (χ2v) is 5.95. The Kier molecular flexibility index (Phi) is 3.77. The molecule has 0 aromatic carbocycles. The maximum absolute atomic E-state index is 4.64. The third-order valence-corrected chi connectivity index (χ3v) is 4.51. The Bertz CT molecular complexity index is 384. The maximum Gasteiger partial charge on any atom is 0.204 e. The maximum atomic E-state index is 4.64. The minimum atomic E-state index is 0.663. The molecule has 18 heavy (non-hydrogen) atoms. The Balaban J connectivity index is 1.48. The van der Waals surface area contributed by atoms with Gasteiger partial charge >= 0.3 is 0 Å². The number of aromatic nitrogens is 2. The van der Waals surface area contributed by atoms with Crippen LogP contribution in [0.5, 0.6) is 0 Å². The molecular formula is C12H21N5S. The van der Waals surface area contributed by atoms with Crippen LogP contribution >= 0.6 is 11.5 Å². The molecule has 0 spiro atoms. The summed E-state index contributed by atoms with van der Waals surface area (Å²) in [5, 5.41) is 4.46. The molecule has 1 saturated carbocycles. The Hall–Kier alpha value is -0.720. The van der Waals surface area contributed by atoms with E-state index in [9.17, 15) is 0 Å². The van der Waals surface area contributed by atoms with E-state index in [0.717, 1.165) is 50.2 Å². The molecule has 100 valence electrons. The molecule has 1 aliphatic carbocycles. The zero-order chi connectivity index (χ0) is 12.4. The summed E-state index contributed by atoms with van der Waals surface area (Å²) in [6.45, 7) is 6.73. The van der Waals surface area contributed by atoms with Crippen LogP contribution in [-0.4, -0.2) is 60.6 Å². The largest absolute Gasteiger partial charge is 0.349 e. The topological polar surface area (TPSA) is 44.3 Å². The van der Waals surface area contributed by atoms with Crippen LogP contribution in [0.4, 0.5) is 5.13 Å². The summed E-state index contributed by atoms with van der Waals surface area (Å²) in [5.41, 5.74) is 0. The van der Waals surface area contributed by atoms with Crippen molar-refractivity contribution in [1.29, 1.82) is 0 Å². The predicted octanol–water partition coefficient (Wildman–Crippen LogP) is 0.757. The van der Waals surface area contributed by atoms with Crippen LogP contribution in [-0.2, 0) is 0 Å². The van der Waals surface area contributed by atoms with Gasteiger partial charge in [0.2, 0.25) is 5.13 Å². The van der Waals surface area contributed by atoms with Crippen LogP contribution in [0.15, 0.2) is 0 Å². The molecule has 0 bridgehead atoms. The van der Waals surface area contributed by atoms with Crippen molar-refractivity contribution in [1.82, 2.24) is 19.6 Å². The molecule has 2 heterocycles. The lowest BCUT2D eigenvalue weighted by Crippen LogP contribution is -2.46. The van der Waals surface area contributed by atoms with Crippen molar-refractivity contribution in [2.75, 3.05) is 51.2 Å². The molecule has 0 radical (unpaired) electrons. The van der Waals surface area contributed by atoms with Crippen molar-refractivity contribution in [2.24, 2.45) is 0 Å². The van der Waals surface area contributed by atoms with Crippen LogP contribution in [0.1, 0.15) is 24.6 Å². The highest BCUT2D eigenvalue weighted by Crippen LogP contribution is 2.39. The number of hydrogen-bond donors (Lipinski definition) is 1. The molecule has 0 unspecified atom stereocenters. The minimum Gasteiger partial charge on any atom is -0.349 e. The van der Waals surface area contributed by atoms with E-state index < -0.39 is 0 Å². The number of anilines is 1. The summed E-state index contributed by atoms with van der Waals surface area (Å²) in [6, 6.07) is 0. The van der Waals surface area contributed by atoms with Gasteiger partial charge in [0.25, 0.3) is 0 Å². The Morgan fingerprint density at radius 2 is 2.17 bits per heavy atom. The van der Waals surface area contributed by atoms with E-state index in [1.165, 1.54) is 12.8 Å². The number of likely N-dealkylation sites (N-methyl/N-ethyl adjacent to an activating group) is 1. The lowest BCUT2D eigenvalue weighted by molar-refractivity contribution is 0.246. The molecular weight excluding hydrogens is 246 g/mol. The summed E-state index contributed by atoms with van der Waals surface area (Å²) < 4.78 is 4.46. The monoisotopic (exact) mass is 267 g/mol. The summed E-state index contributed by atoms with van der Waals surface area (Å²) >= 11 is 1.55. The standard InChI is InChI=1S/C12H21N5S/c1-16(8-9-17-6-4-13-5-7-17)12-14-11(15-18-12)10-2-3-10/h10,13H,2-9H2,1H3. The Morgan fingerprint density at radius 1 is 1.39 bits per heavy atom. The fraction of sp³-hybridized carbons (Fsp3) is 0.833. The van der Waals surface area contributed by atoms with Crippen LogP contribution in [0.2, 0.25) is 0 Å². The SMILES string of the molecule is CN(CCN1CCNCC1)c1nc(C2CC2)ns1. The van der Waals surface area contributed by atoms with E-state index in [1.807, 2.05) is 0 Å². The molecule has 1 aromatic rings.